The van der Waals surface area contributed by atoms with Gasteiger partial charge in [0.25, 0.3) is 5.91 Å². The Morgan fingerprint density at radius 3 is 2.88 bits per heavy atom. The number of carbonyl (C=O) groups excluding carboxylic acids is 1. The monoisotopic (exact) mass is 351 g/mol. The number of carbonyl (C=O) groups is 1. The molecule has 1 amide bonds. The molecule has 3 aromatic rings. The van der Waals surface area contributed by atoms with E-state index in [1.807, 2.05) is 0 Å². The summed E-state index contributed by atoms with van der Waals surface area (Å²) in [4.78, 5) is 27.0. The van der Waals surface area contributed by atoms with E-state index in [0.29, 0.717) is 28.8 Å². The Balaban J connectivity index is 1.54. The summed E-state index contributed by atoms with van der Waals surface area (Å²) in [5.74, 6) is 0.281. The number of rotatable bonds is 3. The lowest BCUT2D eigenvalue weighted by Gasteiger charge is -2.34. The average Bonchev–Trinajstić information content (AvgIpc) is 2.68. The van der Waals surface area contributed by atoms with Crippen LogP contribution in [0.5, 0.6) is 0 Å². The van der Waals surface area contributed by atoms with Crippen LogP contribution >= 0.6 is 0 Å². The van der Waals surface area contributed by atoms with Crippen molar-refractivity contribution in [3.63, 3.8) is 0 Å². The topological polar surface area (TPSA) is 71.0 Å². The molecule has 26 heavy (non-hydrogen) atoms. The van der Waals surface area contributed by atoms with Gasteiger partial charge < -0.3 is 10.2 Å². The van der Waals surface area contributed by atoms with E-state index in [4.69, 9.17) is 0 Å². The number of nitrogens with one attached hydrogen (secondary N) is 1. The molecule has 3 heterocycles. The van der Waals surface area contributed by atoms with Gasteiger partial charge in [-0.25, -0.2) is 14.4 Å². The van der Waals surface area contributed by atoms with Crippen molar-refractivity contribution in [1.82, 2.24) is 20.3 Å². The van der Waals surface area contributed by atoms with Gasteiger partial charge in [0.05, 0.1) is 5.52 Å². The number of pyridine rings is 1. The zero-order valence-corrected chi connectivity index (χ0v) is 14.1. The van der Waals surface area contributed by atoms with Crippen molar-refractivity contribution >= 4 is 22.6 Å². The maximum absolute atomic E-state index is 13.7. The van der Waals surface area contributed by atoms with Gasteiger partial charge in [-0.2, -0.15) is 0 Å². The van der Waals surface area contributed by atoms with Gasteiger partial charge in [0.15, 0.2) is 0 Å². The van der Waals surface area contributed by atoms with Gasteiger partial charge in [-0.15, -0.1) is 0 Å². The first-order valence-electron chi connectivity index (χ1n) is 8.57. The predicted octanol–water partition coefficient (Wildman–Crippen LogP) is 2.56. The molecular weight excluding hydrogens is 333 g/mol. The quantitative estimate of drug-likeness (QED) is 0.785. The molecular formula is C19H18FN5O. The van der Waals surface area contributed by atoms with Crippen LogP contribution in [0.15, 0.2) is 49.1 Å². The molecule has 7 heteroatoms. The van der Waals surface area contributed by atoms with E-state index in [0.717, 1.165) is 19.4 Å². The molecule has 1 atom stereocenters. The number of fused-ring (bicyclic) bond motifs is 1. The summed E-state index contributed by atoms with van der Waals surface area (Å²) in [5.41, 5.74) is 1.30. The summed E-state index contributed by atoms with van der Waals surface area (Å²) in [6, 6.07) is 7.90. The molecule has 1 aliphatic rings. The zero-order chi connectivity index (χ0) is 17.9. The third-order valence-electron chi connectivity index (χ3n) is 4.57. The van der Waals surface area contributed by atoms with Crippen molar-refractivity contribution in [2.45, 2.75) is 18.9 Å². The van der Waals surface area contributed by atoms with Crippen LogP contribution in [0.1, 0.15) is 23.2 Å². The molecule has 1 N–H and O–H groups in total. The minimum Gasteiger partial charge on any atom is -0.354 e. The van der Waals surface area contributed by atoms with Crippen LogP contribution in [-0.2, 0) is 0 Å². The third-order valence-corrected chi connectivity index (χ3v) is 4.57. The van der Waals surface area contributed by atoms with Crippen LogP contribution in [0.4, 0.5) is 10.2 Å². The highest BCUT2D eigenvalue weighted by Gasteiger charge is 2.24. The lowest BCUT2D eigenvalue weighted by Crippen LogP contribution is -2.48. The van der Waals surface area contributed by atoms with Gasteiger partial charge in [-0.1, -0.05) is 0 Å². The van der Waals surface area contributed by atoms with Crippen molar-refractivity contribution in [3.8, 4) is 0 Å². The van der Waals surface area contributed by atoms with Crippen molar-refractivity contribution < 1.29 is 9.18 Å². The molecule has 0 aliphatic carbocycles. The zero-order valence-electron chi connectivity index (χ0n) is 14.1. The van der Waals surface area contributed by atoms with E-state index in [9.17, 15) is 9.18 Å². The molecule has 0 bridgehead atoms. The first kappa shape index (κ1) is 16.4. The van der Waals surface area contributed by atoms with Crippen molar-refractivity contribution in [1.29, 1.82) is 0 Å². The fourth-order valence-electron chi connectivity index (χ4n) is 3.33. The maximum atomic E-state index is 13.7. The molecule has 1 aromatic carbocycles. The first-order chi connectivity index (χ1) is 12.7. The maximum Gasteiger partial charge on any atom is 0.251 e. The Morgan fingerprint density at radius 1 is 1.19 bits per heavy atom. The number of aromatic nitrogens is 3. The largest absolute Gasteiger partial charge is 0.354 e. The Labute approximate surface area is 150 Å². The van der Waals surface area contributed by atoms with E-state index in [1.165, 1.54) is 18.5 Å². The number of piperidine rings is 1. The summed E-state index contributed by atoms with van der Waals surface area (Å²) >= 11 is 0. The summed E-state index contributed by atoms with van der Waals surface area (Å²) in [5, 5.41) is 3.76. The molecule has 1 fully saturated rings. The third kappa shape index (κ3) is 3.33. The van der Waals surface area contributed by atoms with E-state index < -0.39 is 0 Å². The van der Waals surface area contributed by atoms with Crippen molar-refractivity contribution in [3.05, 3.63) is 60.4 Å². The molecule has 1 saturated heterocycles. The highest BCUT2D eigenvalue weighted by molar-refractivity contribution is 5.94. The van der Waals surface area contributed by atoms with E-state index in [-0.39, 0.29) is 17.8 Å². The van der Waals surface area contributed by atoms with Gasteiger partial charge in [0, 0.05) is 42.5 Å². The Hall–Kier alpha value is -3.09. The first-order valence-corrected chi connectivity index (χ1v) is 8.57. The van der Waals surface area contributed by atoms with Crippen LogP contribution in [0.2, 0.25) is 0 Å². The fraction of sp³-hybridized carbons (Fsp3) is 0.263. The molecule has 6 nitrogen and oxygen atoms in total. The molecule has 0 radical (unpaired) electrons. The van der Waals surface area contributed by atoms with Gasteiger partial charge in [0.2, 0.25) is 0 Å². The predicted molar refractivity (Wildman–Crippen MR) is 96.4 cm³/mol. The average molecular weight is 351 g/mol. The molecule has 132 valence electrons. The van der Waals surface area contributed by atoms with Crippen LogP contribution in [-0.4, -0.2) is 40.0 Å². The minimum absolute atomic E-state index is 0.00277. The standard InChI is InChI=1S/C19H18FN5O/c20-14-3-4-17-16(10-14)18(23-12-22-17)25-9-1-2-15(11-25)24-19(26)13-5-7-21-8-6-13/h3-8,10,12,15H,1-2,9,11H2,(H,24,26). The van der Waals surface area contributed by atoms with Gasteiger partial charge in [-0.05, 0) is 43.2 Å². The van der Waals surface area contributed by atoms with E-state index in [2.05, 4.69) is 25.2 Å². The number of benzene rings is 1. The Morgan fingerprint density at radius 2 is 2.04 bits per heavy atom. The Bertz CT molecular complexity index is 934. The number of halogens is 1. The highest BCUT2D eigenvalue weighted by atomic mass is 19.1. The summed E-state index contributed by atoms with van der Waals surface area (Å²) in [7, 11) is 0. The SMILES string of the molecule is O=C(NC1CCCN(c2ncnc3ccc(F)cc23)C1)c1ccncc1. The summed E-state index contributed by atoms with van der Waals surface area (Å²) in [6.07, 6.45) is 6.51. The van der Waals surface area contributed by atoms with Gasteiger partial charge in [-0.3, -0.25) is 9.78 Å². The molecule has 1 unspecified atom stereocenters. The second-order valence-corrected chi connectivity index (χ2v) is 6.35. The lowest BCUT2D eigenvalue weighted by molar-refractivity contribution is 0.0933. The van der Waals surface area contributed by atoms with Crippen molar-refractivity contribution in [2.24, 2.45) is 0 Å². The number of anilines is 1. The molecule has 0 saturated carbocycles. The molecule has 4 rings (SSSR count). The van der Waals surface area contributed by atoms with Gasteiger partial charge >= 0.3 is 0 Å². The second kappa shape index (κ2) is 7.03. The number of nitrogens with zero attached hydrogens (tertiary/aromatic N) is 4. The number of hydrogen-bond acceptors (Lipinski definition) is 5. The van der Waals surface area contributed by atoms with Crippen LogP contribution < -0.4 is 10.2 Å². The lowest BCUT2D eigenvalue weighted by atomic mass is 10.0. The molecule has 2 aromatic heterocycles. The van der Waals surface area contributed by atoms with Crippen LogP contribution in [0.25, 0.3) is 10.9 Å². The fourth-order valence-corrected chi connectivity index (χ4v) is 3.33. The smallest absolute Gasteiger partial charge is 0.251 e. The summed E-state index contributed by atoms with van der Waals surface area (Å²) in [6.45, 7) is 1.43. The van der Waals surface area contributed by atoms with E-state index >= 15 is 0 Å². The van der Waals surface area contributed by atoms with Gasteiger partial charge in [0.1, 0.15) is 18.0 Å². The number of amides is 1. The highest BCUT2D eigenvalue weighted by Crippen LogP contribution is 2.26. The van der Waals surface area contributed by atoms with Crippen LogP contribution in [0, 0.1) is 5.82 Å². The Kier molecular flexibility index (Phi) is 4.43. The van der Waals surface area contributed by atoms with Crippen LogP contribution in [0.3, 0.4) is 0 Å². The van der Waals surface area contributed by atoms with E-state index in [1.54, 1.807) is 30.6 Å². The normalized spacial score (nSPS) is 17.3. The van der Waals surface area contributed by atoms with Crippen molar-refractivity contribution in [2.75, 3.05) is 18.0 Å². The second-order valence-electron chi connectivity index (χ2n) is 6.35. The minimum atomic E-state index is -0.312. The summed E-state index contributed by atoms with van der Waals surface area (Å²) < 4.78 is 13.7. The molecule has 1 aliphatic heterocycles. The number of hydrogen-bond donors (Lipinski definition) is 1. The molecule has 0 spiro atoms.